The lowest BCUT2D eigenvalue weighted by Gasteiger charge is -2.08. The van der Waals surface area contributed by atoms with Crippen LogP contribution in [0.1, 0.15) is 12.7 Å². The molecule has 116 valence electrons. The highest BCUT2D eigenvalue weighted by Gasteiger charge is 2.05. The molecule has 0 saturated heterocycles. The van der Waals surface area contributed by atoms with Crippen LogP contribution in [0.5, 0.6) is 0 Å². The van der Waals surface area contributed by atoms with Crippen LogP contribution in [0.2, 0.25) is 0 Å². The molecule has 0 atom stereocenters. The van der Waals surface area contributed by atoms with Crippen molar-refractivity contribution in [2.45, 2.75) is 17.6 Å². The van der Waals surface area contributed by atoms with Gasteiger partial charge in [-0.2, -0.15) is 13.9 Å². The molecule has 0 saturated carbocycles. The molecule has 0 radical (unpaired) electrons. The number of benzene rings is 1. The number of halogens is 2. The van der Waals surface area contributed by atoms with Crippen molar-refractivity contribution in [2.75, 3.05) is 5.32 Å². The van der Waals surface area contributed by atoms with Crippen molar-refractivity contribution >= 4 is 40.5 Å². The van der Waals surface area contributed by atoms with Crippen LogP contribution in [-0.2, 0) is 0 Å². The number of alkyl halides is 2. The summed E-state index contributed by atoms with van der Waals surface area (Å²) in [5.74, 6) is -1.79. The summed E-state index contributed by atoms with van der Waals surface area (Å²) in [5.41, 5.74) is 4.02. The molecule has 4 nitrogen and oxygen atoms in total. The number of anilines is 1. The molecule has 0 spiro atoms. The van der Waals surface area contributed by atoms with Gasteiger partial charge in [0.05, 0.1) is 6.26 Å². The van der Waals surface area contributed by atoms with Crippen molar-refractivity contribution in [3.63, 3.8) is 0 Å². The number of thioether (sulfide) groups is 1. The van der Waals surface area contributed by atoms with E-state index in [0.717, 1.165) is 0 Å². The first kappa shape index (κ1) is 16.4. The molecule has 0 bridgehead atoms. The predicted octanol–water partition coefficient (Wildman–Crippen LogP) is 4.30. The largest absolute Gasteiger partial charge is 0.463 e. The normalized spacial score (nSPS) is 11.5. The Labute approximate surface area is 136 Å². The second kappa shape index (κ2) is 7.90. The Morgan fingerprint density at radius 2 is 2.00 bits per heavy atom. The fourth-order valence-electron chi connectivity index (χ4n) is 1.55. The molecule has 2 aromatic rings. The van der Waals surface area contributed by atoms with Gasteiger partial charge in [-0.25, -0.2) is 0 Å². The zero-order valence-corrected chi connectivity index (χ0v) is 13.2. The Hall–Kier alpha value is -1.93. The highest BCUT2D eigenvalue weighted by molar-refractivity contribution is 7.99. The number of hydrazone groups is 1. The fraction of sp³-hybridized carbons (Fsp3) is 0.143. The Balaban J connectivity index is 1.88. The smallest absolute Gasteiger partial charge is 0.288 e. The summed E-state index contributed by atoms with van der Waals surface area (Å²) >= 11 is 5.60. The van der Waals surface area contributed by atoms with Crippen molar-refractivity contribution in [2.24, 2.45) is 5.10 Å². The summed E-state index contributed by atoms with van der Waals surface area (Å²) in [7, 11) is 0. The van der Waals surface area contributed by atoms with E-state index >= 15 is 0 Å². The zero-order valence-electron chi connectivity index (χ0n) is 11.5. The first-order chi connectivity index (χ1) is 10.5. The molecule has 2 rings (SSSR count). The Morgan fingerprint density at radius 3 is 2.59 bits per heavy atom. The Kier molecular flexibility index (Phi) is 5.91. The van der Waals surface area contributed by atoms with E-state index in [1.165, 1.54) is 0 Å². The van der Waals surface area contributed by atoms with Gasteiger partial charge in [-0.15, -0.1) is 0 Å². The SMILES string of the molecule is C/C(=N/NC(=S)Nc1ccc(SC(F)F)cc1)c1ccco1. The molecule has 22 heavy (non-hydrogen) atoms. The van der Waals surface area contributed by atoms with E-state index in [4.69, 9.17) is 16.6 Å². The second-order valence-electron chi connectivity index (χ2n) is 4.14. The quantitative estimate of drug-likeness (QED) is 0.367. The van der Waals surface area contributed by atoms with Gasteiger partial charge in [0.15, 0.2) is 5.11 Å². The van der Waals surface area contributed by atoms with Gasteiger partial charge in [0.1, 0.15) is 11.5 Å². The van der Waals surface area contributed by atoms with Gasteiger partial charge >= 0.3 is 0 Å². The maximum Gasteiger partial charge on any atom is 0.288 e. The number of nitrogens with one attached hydrogen (secondary N) is 2. The van der Waals surface area contributed by atoms with Crippen LogP contribution >= 0.6 is 24.0 Å². The molecule has 0 fully saturated rings. The molecule has 0 amide bonds. The maximum atomic E-state index is 12.2. The zero-order chi connectivity index (χ0) is 15.9. The van der Waals surface area contributed by atoms with E-state index in [9.17, 15) is 8.78 Å². The number of hydrogen-bond donors (Lipinski definition) is 2. The number of furan rings is 1. The molecule has 0 unspecified atom stereocenters. The molecule has 1 heterocycles. The minimum absolute atomic E-state index is 0.292. The van der Waals surface area contributed by atoms with Gasteiger partial charge in [0.2, 0.25) is 0 Å². The third-order valence-corrected chi connectivity index (χ3v) is 3.46. The van der Waals surface area contributed by atoms with E-state index in [1.54, 1.807) is 49.6 Å². The molecule has 2 N–H and O–H groups in total. The molecule has 0 aliphatic carbocycles. The monoisotopic (exact) mass is 341 g/mol. The van der Waals surface area contributed by atoms with E-state index < -0.39 is 5.76 Å². The van der Waals surface area contributed by atoms with Gasteiger partial charge in [-0.3, -0.25) is 5.43 Å². The maximum absolute atomic E-state index is 12.2. The van der Waals surface area contributed by atoms with Crippen LogP contribution in [0.4, 0.5) is 14.5 Å². The summed E-state index contributed by atoms with van der Waals surface area (Å²) in [6, 6.07) is 10.1. The van der Waals surface area contributed by atoms with Crippen molar-refractivity contribution in [3.05, 3.63) is 48.4 Å². The second-order valence-corrected chi connectivity index (χ2v) is 5.62. The summed E-state index contributed by atoms with van der Waals surface area (Å²) in [6.07, 6.45) is 1.56. The summed E-state index contributed by atoms with van der Waals surface area (Å²) < 4.78 is 29.6. The van der Waals surface area contributed by atoms with E-state index in [-0.39, 0.29) is 0 Å². The van der Waals surface area contributed by atoms with Gasteiger partial charge in [-0.05, 0) is 55.5 Å². The topological polar surface area (TPSA) is 49.6 Å². The molecule has 1 aromatic heterocycles. The van der Waals surface area contributed by atoms with E-state index in [0.29, 0.717) is 38.9 Å². The number of rotatable bonds is 5. The lowest BCUT2D eigenvalue weighted by Crippen LogP contribution is -2.24. The summed E-state index contributed by atoms with van der Waals surface area (Å²) in [4.78, 5) is 0.492. The third kappa shape index (κ3) is 5.12. The lowest BCUT2D eigenvalue weighted by molar-refractivity contribution is 0.252. The van der Waals surface area contributed by atoms with E-state index in [2.05, 4.69) is 15.8 Å². The van der Waals surface area contributed by atoms with Crippen molar-refractivity contribution in [1.82, 2.24) is 5.43 Å². The Bertz CT molecular complexity index is 643. The van der Waals surface area contributed by atoms with Crippen LogP contribution in [0.3, 0.4) is 0 Å². The Morgan fingerprint density at radius 1 is 1.27 bits per heavy atom. The standard InChI is InChI=1S/C14H13F2N3OS2/c1-9(12-3-2-8-20-12)18-19-14(21)17-10-4-6-11(7-5-10)22-13(15)16/h2-8,13H,1H3,(H2,17,19,21)/b18-9-. The van der Waals surface area contributed by atoms with Crippen molar-refractivity contribution < 1.29 is 13.2 Å². The average molecular weight is 341 g/mol. The predicted molar refractivity (Wildman–Crippen MR) is 88.6 cm³/mol. The lowest BCUT2D eigenvalue weighted by atomic mass is 10.3. The molecule has 1 aromatic carbocycles. The van der Waals surface area contributed by atoms with Gasteiger partial charge < -0.3 is 9.73 Å². The van der Waals surface area contributed by atoms with Gasteiger partial charge in [0, 0.05) is 10.6 Å². The van der Waals surface area contributed by atoms with Gasteiger partial charge in [-0.1, -0.05) is 11.8 Å². The third-order valence-electron chi connectivity index (χ3n) is 2.54. The first-order valence-electron chi connectivity index (χ1n) is 6.24. The molecule has 0 aliphatic rings. The van der Waals surface area contributed by atoms with E-state index in [1.807, 2.05) is 0 Å². The molecular weight excluding hydrogens is 328 g/mol. The van der Waals surface area contributed by atoms with Crippen LogP contribution in [0, 0.1) is 0 Å². The van der Waals surface area contributed by atoms with Crippen LogP contribution in [-0.4, -0.2) is 16.6 Å². The minimum Gasteiger partial charge on any atom is -0.463 e. The number of hydrogen-bond acceptors (Lipinski definition) is 4. The molecule has 8 heteroatoms. The highest BCUT2D eigenvalue weighted by atomic mass is 32.2. The van der Waals surface area contributed by atoms with Crippen LogP contribution < -0.4 is 10.7 Å². The first-order valence-corrected chi connectivity index (χ1v) is 7.53. The van der Waals surface area contributed by atoms with Crippen LogP contribution in [0.15, 0.2) is 57.1 Å². The highest BCUT2D eigenvalue weighted by Crippen LogP contribution is 2.26. The minimum atomic E-state index is -2.43. The summed E-state index contributed by atoms with van der Waals surface area (Å²) in [5, 5.41) is 7.29. The fourth-order valence-corrected chi connectivity index (χ4v) is 2.22. The van der Waals surface area contributed by atoms with Crippen molar-refractivity contribution in [1.29, 1.82) is 0 Å². The molecule has 0 aliphatic heterocycles. The van der Waals surface area contributed by atoms with Gasteiger partial charge in [0.25, 0.3) is 5.76 Å². The molecular formula is C14H13F2N3OS2. The van der Waals surface area contributed by atoms with Crippen LogP contribution in [0.25, 0.3) is 0 Å². The number of nitrogens with zero attached hydrogens (tertiary/aromatic N) is 1. The average Bonchev–Trinajstić information content (AvgIpc) is 3.00. The summed E-state index contributed by atoms with van der Waals surface area (Å²) in [6.45, 7) is 1.78. The number of thiocarbonyl (C=S) groups is 1. The van der Waals surface area contributed by atoms with Crippen molar-refractivity contribution in [3.8, 4) is 0 Å².